The maximum absolute atomic E-state index is 5.50. The molecule has 5 nitrogen and oxygen atoms in total. The number of aromatic amines is 1. The summed E-state index contributed by atoms with van der Waals surface area (Å²) in [4.78, 5) is 7.38. The molecule has 0 aliphatic rings. The van der Waals surface area contributed by atoms with Crippen molar-refractivity contribution in [3.05, 3.63) is 47.9 Å². The Labute approximate surface area is 97.7 Å². The van der Waals surface area contributed by atoms with Crippen LogP contribution < -0.4 is 5.73 Å². The minimum atomic E-state index is 0.439. The summed E-state index contributed by atoms with van der Waals surface area (Å²) in [7, 11) is 0. The Morgan fingerprint density at radius 2 is 2.12 bits per heavy atom. The van der Waals surface area contributed by atoms with Crippen LogP contribution in [0, 0.1) is 0 Å². The molecule has 3 N–H and O–H groups in total. The van der Waals surface area contributed by atoms with Gasteiger partial charge in [-0.2, -0.15) is 5.10 Å². The van der Waals surface area contributed by atoms with Gasteiger partial charge in [0.25, 0.3) is 0 Å². The third-order valence-corrected chi connectivity index (χ3v) is 2.65. The third-order valence-electron chi connectivity index (χ3n) is 2.65. The molecule has 3 heterocycles. The van der Waals surface area contributed by atoms with Gasteiger partial charge < -0.3 is 10.7 Å². The lowest BCUT2D eigenvalue weighted by Crippen LogP contribution is -1.97. The Balaban J connectivity index is 1.97. The first-order chi connectivity index (χ1) is 8.33. The van der Waals surface area contributed by atoms with Gasteiger partial charge in [-0.15, -0.1) is 5.10 Å². The molecule has 0 bridgehead atoms. The Morgan fingerprint density at radius 1 is 1.18 bits per heavy atom. The van der Waals surface area contributed by atoms with Crippen molar-refractivity contribution in [3.63, 3.8) is 0 Å². The number of fused-ring (bicyclic) bond motifs is 1. The molecule has 0 spiro atoms. The van der Waals surface area contributed by atoms with Crippen LogP contribution in [0.1, 0.15) is 11.3 Å². The van der Waals surface area contributed by atoms with Gasteiger partial charge in [-0.3, -0.25) is 0 Å². The summed E-state index contributed by atoms with van der Waals surface area (Å²) in [5.74, 6) is 0.439. The molecule has 0 fully saturated rings. The molecule has 0 saturated carbocycles. The second-order valence-electron chi connectivity index (χ2n) is 3.84. The Morgan fingerprint density at radius 3 is 2.94 bits per heavy atom. The van der Waals surface area contributed by atoms with E-state index in [1.54, 1.807) is 12.3 Å². The molecule has 0 aromatic carbocycles. The number of nitrogen functional groups attached to an aromatic ring is 1. The van der Waals surface area contributed by atoms with Crippen LogP contribution >= 0.6 is 0 Å². The Bertz CT molecular complexity index is 641. The number of H-pyrrole nitrogens is 1. The zero-order chi connectivity index (χ0) is 11.7. The molecular weight excluding hydrogens is 214 g/mol. The summed E-state index contributed by atoms with van der Waals surface area (Å²) in [6.07, 6.45) is 4.44. The van der Waals surface area contributed by atoms with Crippen LogP contribution in [-0.4, -0.2) is 20.2 Å². The van der Waals surface area contributed by atoms with Gasteiger partial charge in [-0.1, -0.05) is 0 Å². The number of nitrogens with zero attached hydrogens (tertiary/aromatic N) is 3. The molecule has 5 heteroatoms. The number of aromatic nitrogens is 4. The van der Waals surface area contributed by atoms with Gasteiger partial charge in [0.2, 0.25) is 0 Å². The minimum Gasteiger partial charge on any atom is -0.382 e. The van der Waals surface area contributed by atoms with Crippen molar-refractivity contribution < 1.29 is 0 Å². The van der Waals surface area contributed by atoms with E-state index in [1.165, 1.54) is 0 Å². The van der Waals surface area contributed by atoms with E-state index in [4.69, 9.17) is 5.73 Å². The van der Waals surface area contributed by atoms with E-state index in [1.807, 2.05) is 24.4 Å². The fourth-order valence-electron chi connectivity index (χ4n) is 1.82. The first-order valence-corrected chi connectivity index (χ1v) is 5.32. The molecule has 84 valence electrons. The zero-order valence-corrected chi connectivity index (χ0v) is 9.09. The number of nitrogens with one attached hydrogen (secondary N) is 1. The second-order valence-corrected chi connectivity index (χ2v) is 3.84. The van der Waals surface area contributed by atoms with Gasteiger partial charge in [0, 0.05) is 24.2 Å². The van der Waals surface area contributed by atoms with Gasteiger partial charge >= 0.3 is 0 Å². The smallest absolute Gasteiger partial charge is 0.146 e. The van der Waals surface area contributed by atoms with Gasteiger partial charge in [0.1, 0.15) is 11.5 Å². The lowest BCUT2D eigenvalue weighted by Gasteiger charge is -1.98. The summed E-state index contributed by atoms with van der Waals surface area (Å²) < 4.78 is 0. The number of rotatable bonds is 2. The van der Waals surface area contributed by atoms with Crippen LogP contribution in [0.15, 0.2) is 36.7 Å². The first kappa shape index (κ1) is 9.77. The van der Waals surface area contributed by atoms with Gasteiger partial charge in [-0.05, 0) is 29.8 Å². The summed E-state index contributed by atoms with van der Waals surface area (Å²) >= 11 is 0. The van der Waals surface area contributed by atoms with Gasteiger partial charge in [0.15, 0.2) is 0 Å². The molecule has 0 amide bonds. The highest BCUT2D eigenvalue weighted by Crippen LogP contribution is 2.18. The average Bonchev–Trinajstić information content (AvgIpc) is 2.76. The van der Waals surface area contributed by atoms with E-state index in [0.717, 1.165) is 28.7 Å². The fourth-order valence-corrected chi connectivity index (χ4v) is 1.82. The maximum atomic E-state index is 5.50. The molecule has 0 saturated heterocycles. The molecule has 3 aromatic heterocycles. The van der Waals surface area contributed by atoms with Crippen molar-refractivity contribution in [1.82, 2.24) is 20.2 Å². The van der Waals surface area contributed by atoms with Crippen LogP contribution in [0.2, 0.25) is 0 Å². The molecule has 0 aliphatic heterocycles. The van der Waals surface area contributed by atoms with E-state index in [0.29, 0.717) is 5.82 Å². The van der Waals surface area contributed by atoms with E-state index in [9.17, 15) is 0 Å². The van der Waals surface area contributed by atoms with Crippen LogP contribution in [0.5, 0.6) is 0 Å². The fraction of sp³-hybridized carbons (Fsp3) is 0.0833. The average molecular weight is 225 g/mol. The largest absolute Gasteiger partial charge is 0.382 e. The number of pyridine rings is 1. The van der Waals surface area contributed by atoms with Crippen molar-refractivity contribution in [2.45, 2.75) is 6.42 Å². The highest BCUT2D eigenvalue weighted by molar-refractivity contribution is 5.79. The highest BCUT2D eigenvalue weighted by Gasteiger charge is 2.05. The molecule has 0 unspecified atom stereocenters. The lowest BCUT2D eigenvalue weighted by molar-refractivity contribution is 0.947. The number of anilines is 1. The molecule has 3 aromatic rings. The number of nitrogens with two attached hydrogens (primary N) is 1. The quantitative estimate of drug-likeness (QED) is 0.693. The molecule has 0 radical (unpaired) electrons. The second kappa shape index (κ2) is 3.86. The molecule has 17 heavy (non-hydrogen) atoms. The van der Waals surface area contributed by atoms with Crippen LogP contribution in [0.4, 0.5) is 5.82 Å². The van der Waals surface area contributed by atoms with Crippen LogP contribution in [0.3, 0.4) is 0 Å². The molecular formula is C12H11N5. The minimum absolute atomic E-state index is 0.439. The normalized spacial score (nSPS) is 10.8. The van der Waals surface area contributed by atoms with E-state index in [-0.39, 0.29) is 0 Å². The predicted molar refractivity (Wildman–Crippen MR) is 65.3 cm³/mol. The monoisotopic (exact) mass is 225 g/mol. The number of hydrogen-bond acceptors (Lipinski definition) is 4. The summed E-state index contributed by atoms with van der Waals surface area (Å²) in [6, 6.07) is 7.61. The third kappa shape index (κ3) is 1.82. The summed E-state index contributed by atoms with van der Waals surface area (Å²) in [5, 5.41) is 9.01. The van der Waals surface area contributed by atoms with Crippen molar-refractivity contribution in [2.75, 3.05) is 5.73 Å². The van der Waals surface area contributed by atoms with Crippen LogP contribution in [-0.2, 0) is 6.42 Å². The van der Waals surface area contributed by atoms with E-state index < -0.39 is 0 Å². The predicted octanol–water partition coefficient (Wildman–Crippen LogP) is 1.53. The topological polar surface area (TPSA) is 80.5 Å². The van der Waals surface area contributed by atoms with Crippen molar-refractivity contribution in [3.8, 4) is 0 Å². The first-order valence-electron chi connectivity index (χ1n) is 5.32. The highest BCUT2D eigenvalue weighted by atomic mass is 15.1. The number of hydrogen-bond donors (Lipinski definition) is 2. The molecule has 0 aliphatic carbocycles. The van der Waals surface area contributed by atoms with Crippen molar-refractivity contribution >= 4 is 16.9 Å². The maximum Gasteiger partial charge on any atom is 0.146 e. The van der Waals surface area contributed by atoms with E-state index >= 15 is 0 Å². The van der Waals surface area contributed by atoms with Crippen LogP contribution in [0.25, 0.3) is 11.0 Å². The summed E-state index contributed by atoms with van der Waals surface area (Å²) in [5.41, 5.74) is 8.45. The summed E-state index contributed by atoms with van der Waals surface area (Å²) in [6.45, 7) is 0. The molecule has 3 rings (SSSR count). The van der Waals surface area contributed by atoms with Crippen molar-refractivity contribution in [2.24, 2.45) is 0 Å². The standard InChI is InChI=1S/C12H11N5/c13-11-4-3-9(16-17-11)6-8-7-15-12-10(8)2-1-5-14-12/h1-5,7H,6H2,(H2,13,17)(H,14,15). The lowest BCUT2D eigenvalue weighted by atomic mass is 10.1. The van der Waals surface area contributed by atoms with E-state index in [2.05, 4.69) is 20.2 Å². The Kier molecular flexibility index (Phi) is 2.22. The van der Waals surface area contributed by atoms with Gasteiger partial charge in [0.05, 0.1) is 5.69 Å². The Hall–Kier alpha value is -2.43. The molecule has 0 atom stereocenters. The SMILES string of the molecule is Nc1ccc(Cc2c[nH]c3ncccc23)nn1. The van der Waals surface area contributed by atoms with Gasteiger partial charge in [-0.25, -0.2) is 4.98 Å². The zero-order valence-electron chi connectivity index (χ0n) is 9.09. The van der Waals surface area contributed by atoms with Crippen molar-refractivity contribution in [1.29, 1.82) is 0 Å².